The number of hydrogen-bond donors (Lipinski definition) is 0. The first-order valence-corrected chi connectivity index (χ1v) is 12.4. The summed E-state index contributed by atoms with van der Waals surface area (Å²) in [7, 11) is 3.32. The molecule has 5 aromatic rings. The molecule has 0 aromatic carbocycles. The lowest BCUT2D eigenvalue weighted by molar-refractivity contribution is 0.0823. The third-order valence-corrected chi connectivity index (χ3v) is 6.09. The van der Waals surface area contributed by atoms with Crippen LogP contribution in [0.15, 0.2) is 48.8 Å². The molecule has 1 amide bonds. The Labute approximate surface area is 230 Å². The molecule has 11 nitrogen and oxygen atoms in total. The molecule has 40 heavy (non-hydrogen) atoms. The summed E-state index contributed by atoms with van der Waals surface area (Å²) in [5, 5.41) is 17.1. The van der Waals surface area contributed by atoms with Crippen molar-refractivity contribution >= 4 is 17.2 Å². The number of fused-ring (bicyclic) bond motifs is 1. The number of pyridine rings is 2. The Morgan fingerprint density at radius 1 is 1.02 bits per heavy atom. The third-order valence-electron chi connectivity index (χ3n) is 6.09. The number of Topliss-reactive ketones (excluding diaryl/α,β-unsaturated/α-hetero) is 1. The van der Waals surface area contributed by atoms with Gasteiger partial charge in [-0.2, -0.15) is 15.3 Å². The van der Waals surface area contributed by atoms with Gasteiger partial charge >= 0.3 is 0 Å². The molecule has 200 valence electrons. The van der Waals surface area contributed by atoms with Crippen LogP contribution in [0.1, 0.15) is 51.6 Å². The maximum absolute atomic E-state index is 12.7. The molecule has 0 fully saturated rings. The van der Waals surface area contributed by atoms with Gasteiger partial charge in [-0.05, 0) is 70.0 Å². The van der Waals surface area contributed by atoms with E-state index in [4.69, 9.17) is 9.72 Å². The summed E-state index contributed by atoms with van der Waals surface area (Å²) in [6.07, 6.45) is 3.37. The van der Waals surface area contributed by atoms with Crippen molar-refractivity contribution in [1.29, 1.82) is 0 Å². The topological polar surface area (TPSA) is 120 Å². The molecule has 0 saturated heterocycles. The second kappa shape index (κ2) is 10.4. The van der Waals surface area contributed by atoms with E-state index in [-0.39, 0.29) is 17.6 Å². The first-order chi connectivity index (χ1) is 19.2. The lowest BCUT2D eigenvalue weighted by Crippen LogP contribution is -2.23. The van der Waals surface area contributed by atoms with Gasteiger partial charge in [0.05, 0.1) is 34.9 Å². The number of rotatable bonds is 6. The number of hydrogen-bond acceptors (Lipinski definition) is 8. The highest BCUT2D eigenvalue weighted by atomic mass is 16.5. The van der Waals surface area contributed by atoms with Gasteiger partial charge in [-0.1, -0.05) is 5.92 Å². The van der Waals surface area contributed by atoms with E-state index < -0.39 is 0 Å². The van der Waals surface area contributed by atoms with Crippen LogP contribution in [-0.2, 0) is 0 Å². The van der Waals surface area contributed by atoms with Crippen LogP contribution in [-0.4, -0.2) is 65.3 Å². The van der Waals surface area contributed by atoms with E-state index in [0.717, 1.165) is 16.8 Å². The van der Waals surface area contributed by atoms with Crippen LogP contribution in [0.4, 0.5) is 0 Å². The lowest BCUT2D eigenvalue weighted by Gasteiger charge is -2.14. The zero-order valence-corrected chi connectivity index (χ0v) is 22.9. The molecule has 0 bridgehead atoms. The average Bonchev–Trinajstić information content (AvgIpc) is 3.51. The number of aryl methyl sites for hydroxylation is 2. The summed E-state index contributed by atoms with van der Waals surface area (Å²) in [6.45, 7) is 6.89. The summed E-state index contributed by atoms with van der Waals surface area (Å²) < 4.78 is 9.23. The molecule has 5 heterocycles. The van der Waals surface area contributed by atoms with Gasteiger partial charge in [-0.3, -0.25) is 9.59 Å². The van der Waals surface area contributed by atoms with Gasteiger partial charge in [-0.15, -0.1) is 5.10 Å². The zero-order valence-electron chi connectivity index (χ0n) is 22.9. The lowest BCUT2D eigenvalue weighted by atomic mass is 10.1. The van der Waals surface area contributed by atoms with Gasteiger partial charge in [0.1, 0.15) is 17.0 Å². The first kappa shape index (κ1) is 26.2. The van der Waals surface area contributed by atoms with Crippen LogP contribution in [0.3, 0.4) is 0 Å². The summed E-state index contributed by atoms with van der Waals surface area (Å²) >= 11 is 0. The molecule has 0 aliphatic carbocycles. The van der Waals surface area contributed by atoms with Crippen LogP contribution in [0.2, 0.25) is 0 Å². The Hall–Kier alpha value is -5.37. The maximum Gasteiger partial charge on any atom is 0.258 e. The number of nitrogens with zero attached hydrogens (tertiary/aromatic N) is 8. The van der Waals surface area contributed by atoms with Crippen molar-refractivity contribution in [3.05, 3.63) is 77.0 Å². The number of carbonyl (C=O) groups is 2. The summed E-state index contributed by atoms with van der Waals surface area (Å²) in [4.78, 5) is 31.4. The van der Waals surface area contributed by atoms with E-state index in [1.165, 1.54) is 11.8 Å². The predicted octanol–water partition coefficient (Wildman–Crippen LogP) is 4.06. The van der Waals surface area contributed by atoms with E-state index in [0.29, 0.717) is 39.8 Å². The smallest absolute Gasteiger partial charge is 0.258 e. The largest absolute Gasteiger partial charge is 0.435 e. The minimum atomic E-state index is -0.243. The van der Waals surface area contributed by atoms with Gasteiger partial charge in [0, 0.05) is 25.4 Å². The van der Waals surface area contributed by atoms with E-state index in [1.54, 1.807) is 73.8 Å². The molecule has 0 unspecified atom stereocenters. The van der Waals surface area contributed by atoms with E-state index in [1.807, 2.05) is 19.1 Å². The third kappa shape index (κ3) is 4.90. The monoisotopic (exact) mass is 534 g/mol. The van der Waals surface area contributed by atoms with E-state index >= 15 is 0 Å². The van der Waals surface area contributed by atoms with Crippen molar-refractivity contribution in [3.63, 3.8) is 0 Å². The Bertz CT molecular complexity index is 1860. The molecule has 5 aromatic heterocycles. The minimum absolute atomic E-state index is 0.101. The Morgan fingerprint density at radius 3 is 2.55 bits per heavy atom. The quantitative estimate of drug-likeness (QED) is 0.236. The van der Waals surface area contributed by atoms with Crippen molar-refractivity contribution in [1.82, 2.24) is 39.5 Å². The second-order valence-electron chi connectivity index (χ2n) is 9.34. The molecule has 0 N–H and O–H groups in total. The van der Waals surface area contributed by atoms with Gasteiger partial charge in [0.2, 0.25) is 0 Å². The fourth-order valence-corrected chi connectivity index (χ4v) is 4.19. The van der Waals surface area contributed by atoms with Crippen molar-refractivity contribution in [2.75, 3.05) is 14.1 Å². The maximum atomic E-state index is 12.7. The molecule has 0 atom stereocenters. The fourth-order valence-electron chi connectivity index (χ4n) is 4.19. The minimum Gasteiger partial charge on any atom is -0.435 e. The van der Waals surface area contributed by atoms with Crippen molar-refractivity contribution in [2.45, 2.75) is 27.7 Å². The van der Waals surface area contributed by atoms with Crippen molar-refractivity contribution in [2.24, 2.45) is 0 Å². The first-order valence-electron chi connectivity index (χ1n) is 12.4. The predicted molar refractivity (Wildman–Crippen MR) is 148 cm³/mol. The molecule has 0 aliphatic rings. The second-order valence-corrected chi connectivity index (χ2v) is 9.34. The number of aromatic nitrogens is 7. The standard InChI is InChI=1S/C29H26N8O3/c1-7-8-20-14-18(3)37(34-20)27-22(19(4)38)10-11-25(31-27)24-15-30-36-16-21(9-12-26(24)36)40-28-23(29(39)35(5)6)13-17(2)32-33-28/h9-16H,1-6H3. The molecule has 0 aliphatic heterocycles. The Balaban J connectivity index is 1.53. The highest BCUT2D eigenvalue weighted by Crippen LogP contribution is 2.29. The number of ketones is 1. The Kier molecular flexibility index (Phi) is 6.83. The molecular formula is C29H26N8O3. The number of ether oxygens (including phenoxy) is 1. The molecule has 5 rings (SSSR count). The highest BCUT2D eigenvalue weighted by molar-refractivity contribution is 5.98. The van der Waals surface area contributed by atoms with Gasteiger partial charge in [0.25, 0.3) is 11.8 Å². The van der Waals surface area contributed by atoms with Crippen LogP contribution < -0.4 is 4.74 Å². The fraction of sp³-hybridized carbons (Fsp3) is 0.207. The normalized spacial score (nSPS) is 10.8. The van der Waals surface area contributed by atoms with Crippen LogP contribution in [0.25, 0.3) is 22.6 Å². The van der Waals surface area contributed by atoms with Crippen LogP contribution >= 0.6 is 0 Å². The summed E-state index contributed by atoms with van der Waals surface area (Å²) in [5.41, 5.74) is 4.88. The van der Waals surface area contributed by atoms with Crippen LogP contribution in [0, 0.1) is 25.7 Å². The SMILES string of the molecule is CC#Cc1cc(C)n(-c2nc(-c3cnn4cc(Oc5nnc(C)cc5C(=O)N(C)C)ccc34)ccc2C(C)=O)n1. The average molecular weight is 535 g/mol. The summed E-state index contributed by atoms with van der Waals surface area (Å²) in [5.74, 6) is 6.36. The molecule has 0 spiro atoms. The van der Waals surface area contributed by atoms with Crippen LogP contribution in [0.5, 0.6) is 11.6 Å². The summed E-state index contributed by atoms with van der Waals surface area (Å²) in [6, 6.07) is 10.6. The molecule has 0 saturated carbocycles. The number of carbonyl (C=O) groups excluding carboxylic acids is 2. The van der Waals surface area contributed by atoms with Gasteiger partial charge in [0.15, 0.2) is 11.6 Å². The van der Waals surface area contributed by atoms with Gasteiger partial charge < -0.3 is 9.64 Å². The number of amides is 1. The van der Waals surface area contributed by atoms with Gasteiger partial charge in [-0.25, -0.2) is 14.2 Å². The van der Waals surface area contributed by atoms with Crippen molar-refractivity contribution in [3.8, 4) is 40.5 Å². The molecule has 0 radical (unpaired) electrons. The molecular weight excluding hydrogens is 508 g/mol. The molecule has 11 heteroatoms. The highest BCUT2D eigenvalue weighted by Gasteiger charge is 2.20. The van der Waals surface area contributed by atoms with E-state index in [9.17, 15) is 9.59 Å². The Morgan fingerprint density at radius 2 is 1.82 bits per heavy atom. The zero-order chi connectivity index (χ0) is 28.6. The van der Waals surface area contributed by atoms with Crippen molar-refractivity contribution < 1.29 is 14.3 Å². The van der Waals surface area contributed by atoms with E-state index in [2.05, 4.69) is 32.2 Å².